The van der Waals surface area contributed by atoms with Gasteiger partial charge in [0.05, 0.1) is 19.6 Å². The number of aromatic nitrogens is 2. The van der Waals surface area contributed by atoms with Gasteiger partial charge in [-0.15, -0.1) is 0 Å². The minimum atomic E-state index is 0.244. The Kier molecular flexibility index (Phi) is 3.33. The highest BCUT2D eigenvalue weighted by Gasteiger charge is 2.17. The predicted molar refractivity (Wildman–Crippen MR) is 68.2 cm³/mol. The Labute approximate surface area is 110 Å². The zero-order valence-corrected chi connectivity index (χ0v) is 10.5. The molecule has 3 rings (SSSR count). The van der Waals surface area contributed by atoms with E-state index in [2.05, 4.69) is 10.1 Å². The van der Waals surface area contributed by atoms with E-state index in [0.717, 1.165) is 18.7 Å². The third-order valence-corrected chi connectivity index (χ3v) is 3.08. The van der Waals surface area contributed by atoms with Gasteiger partial charge < -0.3 is 19.3 Å². The minimum absolute atomic E-state index is 0.244. The van der Waals surface area contributed by atoms with E-state index in [9.17, 15) is 5.11 Å². The molecule has 6 nitrogen and oxygen atoms in total. The summed E-state index contributed by atoms with van der Waals surface area (Å²) in [4.78, 5) is 6.38. The summed E-state index contributed by atoms with van der Waals surface area (Å²) in [5, 5.41) is 13.7. The lowest BCUT2D eigenvalue weighted by atomic mass is 10.1. The van der Waals surface area contributed by atoms with E-state index < -0.39 is 0 Å². The molecule has 0 spiro atoms. The molecule has 0 unspecified atom stereocenters. The third-order valence-electron chi connectivity index (χ3n) is 3.08. The quantitative estimate of drug-likeness (QED) is 0.895. The summed E-state index contributed by atoms with van der Waals surface area (Å²) < 4.78 is 10.5. The molecule has 1 aliphatic rings. The Morgan fingerprint density at radius 2 is 2.00 bits per heavy atom. The van der Waals surface area contributed by atoms with Crippen LogP contribution in [0.25, 0.3) is 0 Å². The Morgan fingerprint density at radius 3 is 2.79 bits per heavy atom. The van der Waals surface area contributed by atoms with Crippen molar-refractivity contribution in [3.05, 3.63) is 35.7 Å². The Bertz CT molecular complexity index is 550. The van der Waals surface area contributed by atoms with Gasteiger partial charge in [0.15, 0.2) is 0 Å². The summed E-state index contributed by atoms with van der Waals surface area (Å²) >= 11 is 0. The summed E-state index contributed by atoms with van der Waals surface area (Å²) in [6, 6.07) is 7.14. The van der Waals surface area contributed by atoms with Crippen LogP contribution in [0.5, 0.6) is 5.75 Å². The van der Waals surface area contributed by atoms with Gasteiger partial charge in [-0.2, -0.15) is 4.98 Å². The van der Waals surface area contributed by atoms with Gasteiger partial charge in [0.2, 0.25) is 5.89 Å². The van der Waals surface area contributed by atoms with Crippen molar-refractivity contribution in [3.63, 3.8) is 0 Å². The Balaban J connectivity index is 1.73. The highest BCUT2D eigenvalue weighted by atomic mass is 16.5. The number of nitrogens with zero attached hydrogens (tertiary/aromatic N) is 3. The first kappa shape index (κ1) is 12.0. The fourth-order valence-electron chi connectivity index (χ4n) is 2.03. The molecule has 0 atom stereocenters. The van der Waals surface area contributed by atoms with Crippen molar-refractivity contribution in [1.29, 1.82) is 0 Å². The Hall–Kier alpha value is -2.08. The van der Waals surface area contributed by atoms with Crippen LogP contribution in [0.15, 0.2) is 28.8 Å². The van der Waals surface area contributed by atoms with Crippen molar-refractivity contribution in [3.8, 4) is 5.75 Å². The first-order chi connectivity index (χ1) is 9.33. The highest BCUT2D eigenvalue weighted by Crippen LogP contribution is 2.20. The molecule has 1 N–H and O–H groups in total. The van der Waals surface area contributed by atoms with Crippen molar-refractivity contribution in [2.75, 3.05) is 31.2 Å². The van der Waals surface area contributed by atoms with E-state index in [-0.39, 0.29) is 5.75 Å². The Morgan fingerprint density at radius 1 is 1.21 bits per heavy atom. The minimum Gasteiger partial charge on any atom is -0.508 e. The van der Waals surface area contributed by atoms with E-state index >= 15 is 0 Å². The molecule has 1 saturated heterocycles. The molecule has 2 heterocycles. The lowest BCUT2D eigenvalue weighted by Crippen LogP contribution is -2.36. The van der Waals surface area contributed by atoms with Crippen LogP contribution in [-0.4, -0.2) is 41.6 Å². The van der Waals surface area contributed by atoms with Gasteiger partial charge in [0, 0.05) is 18.7 Å². The second-order valence-corrected chi connectivity index (χ2v) is 4.39. The van der Waals surface area contributed by atoms with Crippen LogP contribution in [0.3, 0.4) is 0 Å². The average Bonchev–Trinajstić information content (AvgIpc) is 2.91. The van der Waals surface area contributed by atoms with Crippen LogP contribution in [0.4, 0.5) is 5.95 Å². The molecule has 1 aliphatic heterocycles. The first-order valence-electron chi connectivity index (χ1n) is 6.25. The van der Waals surface area contributed by atoms with E-state index in [4.69, 9.17) is 9.26 Å². The largest absolute Gasteiger partial charge is 0.508 e. The zero-order chi connectivity index (χ0) is 13.1. The molecule has 2 aromatic rings. The van der Waals surface area contributed by atoms with Crippen molar-refractivity contribution in [2.24, 2.45) is 0 Å². The molecule has 19 heavy (non-hydrogen) atoms. The van der Waals surface area contributed by atoms with E-state index in [0.29, 0.717) is 31.5 Å². The summed E-state index contributed by atoms with van der Waals surface area (Å²) in [5.74, 6) is 1.34. The number of morpholine rings is 1. The fourth-order valence-corrected chi connectivity index (χ4v) is 2.03. The topological polar surface area (TPSA) is 71.6 Å². The number of phenols is 1. The molecule has 0 saturated carbocycles. The van der Waals surface area contributed by atoms with Gasteiger partial charge in [-0.25, -0.2) is 0 Å². The predicted octanol–water partition coefficient (Wildman–Crippen LogP) is 1.20. The second kappa shape index (κ2) is 5.27. The van der Waals surface area contributed by atoms with Crippen molar-refractivity contribution < 1.29 is 14.4 Å². The maximum atomic E-state index is 9.71. The number of hydrogen-bond donors (Lipinski definition) is 1. The molecule has 1 aromatic heterocycles. The van der Waals surface area contributed by atoms with Gasteiger partial charge in [-0.1, -0.05) is 18.2 Å². The molecular formula is C13H15N3O3. The normalized spacial score (nSPS) is 15.7. The van der Waals surface area contributed by atoms with Gasteiger partial charge in [0.25, 0.3) is 5.95 Å². The van der Waals surface area contributed by atoms with Crippen LogP contribution in [0.1, 0.15) is 11.5 Å². The zero-order valence-electron chi connectivity index (χ0n) is 10.5. The number of anilines is 1. The summed E-state index contributed by atoms with van der Waals surface area (Å²) in [6.45, 7) is 2.91. The SMILES string of the molecule is Oc1ccccc1Cc1nc(N2CCOCC2)no1. The number of para-hydroxylation sites is 1. The van der Waals surface area contributed by atoms with Gasteiger partial charge in [-0.05, 0) is 11.2 Å². The van der Waals surface area contributed by atoms with Crippen LogP contribution >= 0.6 is 0 Å². The molecular weight excluding hydrogens is 246 g/mol. The smallest absolute Gasteiger partial charge is 0.266 e. The highest BCUT2D eigenvalue weighted by molar-refractivity contribution is 5.35. The number of hydrogen-bond acceptors (Lipinski definition) is 6. The van der Waals surface area contributed by atoms with E-state index in [1.807, 2.05) is 17.0 Å². The molecule has 0 amide bonds. The monoisotopic (exact) mass is 261 g/mol. The molecule has 0 aliphatic carbocycles. The molecule has 1 fully saturated rings. The van der Waals surface area contributed by atoms with Crippen LogP contribution in [0, 0.1) is 0 Å². The summed E-state index contributed by atoms with van der Waals surface area (Å²) in [7, 11) is 0. The van der Waals surface area contributed by atoms with Gasteiger partial charge in [-0.3, -0.25) is 0 Å². The number of benzene rings is 1. The standard InChI is InChI=1S/C13H15N3O3/c17-11-4-2-1-3-10(11)9-12-14-13(15-19-12)16-5-7-18-8-6-16/h1-4,17H,5-9H2. The number of ether oxygens (including phenoxy) is 1. The van der Waals surface area contributed by atoms with E-state index in [1.165, 1.54) is 0 Å². The molecule has 100 valence electrons. The molecule has 0 bridgehead atoms. The van der Waals surface area contributed by atoms with Crippen molar-refractivity contribution in [1.82, 2.24) is 10.1 Å². The molecule has 0 radical (unpaired) electrons. The third kappa shape index (κ3) is 2.68. The van der Waals surface area contributed by atoms with E-state index in [1.54, 1.807) is 12.1 Å². The second-order valence-electron chi connectivity index (χ2n) is 4.39. The van der Waals surface area contributed by atoms with Gasteiger partial charge >= 0.3 is 0 Å². The van der Waals surface area contributed by atoms with Crippen LogP contribution < -0.4 is 4.90 Å². The fraction of sp³-hybridized carbons (Fsp3) is 0.385. The average molecular weight is 261 g/mol. The maximum Gasteiger partial charge on any atom is 0.266 e. The summed E-state index contributed by atoms with van der Waals surface area (Å²) in [5.41, 5.74) is 0.777. The van der Waals surface area contributed by atoms with Crippen LogP contribution in [0.2, 0.25) is 0 Å². The summed E-state index contributed by atoms with van der Waals surface area (Å²) in [6.07, 6.45) is 0.435. The maximum absolute atomic E-state index is 9.71. The molecule has 6 heteroatoms. The number of phenolic OH excluding ortho intramolecular Hbond substituents is 1. The molecule has 1 aromatic carbocycles. The lowest BCUT2D eigenvalue weighted by molar-refractivity contribution is 0.121. The van der Waals surface area contributed by atoms with Crippen molar-refractivity contribution >= 4 is 5.95 Å². The van der Waals surface area contributed by atoms with Crippen molar-refractivity contribution in [2.45, 2.75) is 6.42 Å². The number of aromatic hydroxyl groups is 1. The van der Waals surface area contributed by atoms with Crippen LogP contribution in [-0.2, 0) is 11.2 Å². The first-order valence-corrected chi connectivity index (χ1v) is 6.25. The lowest BCUT2D eigenvalue weighted by Gasteiger charge is -2.24. The number of rotatable bonds is 3. The van der Waals surface area contributed by atoms with Gasteiger partial charge in [0.1, 0.15) is 5.75 Å².